The molecule has 0 radical (unpaired) electrons. The number of fused-ring (bicyclic) bond motifs is 1. The van der Waals surface area contributed by atoms with Gasteiger partial charge >= 0.3 is 0 Å². The van der Waals surface area contributed by atoms with Crippen molar-refractivity contribution >= 4 is 18.5 Å². The van der Waals surface area contributed by atoms with Gasteiger partial charge in [-0.05, 0) is 46.1 Å². The number of hydrogen-bond donors (Lipinski definition) is 0. The molecule has 9 nitrogen and oxygen atoms in total. The van der Waals surface area contributed by atoms with Gasteiger partial charge in [0.25, 0.3) is 5.91 Å². The molecule has 0 aliphatic carbocycles. The smallest absolute Gasteiger partial charge is 0.266 e. The van der Waals surface area contributed by atoms with E-state index in [0.717, 1.165) is 70.0 Å². The molecule has 0 spiro atoms. The Labute approximate surface area is 208 Å². The van der Waals surface area contributed by atoms with E-state index in [9.17, 15) is 10.1 Å². The Balaban J connectivity index is 1.49. The number of ether oxygens (including phenoxy) is 1. The number of hydrogen-bond acceptors (Lipinski definition) is 8. The van der Waals surface area contributed by atoms with Crippen LogP contribution in [0.3, 0.4) is 0 Å². The molecule has 1 amide bonds. The highest BCUT2D eigenvalue weighted by Gasteiger charge is 2.46. The fourth-order valence-electron chi connectivity index (χ4n) is 5.97. The van der Waals surface area contributed by atoms with Gasteiger partial charge in [0.15, 0.2) is 0 Å². The Hall–Kier alpha value is -2.54. The lowest BCUT2D eigenvalue weighted by molar-refractivity contribution is -0.143. The van der Waals surface area contributed by atoms with Crippen molar-refractivity contribution in [2.75, 3.05) is 59.0 Å². The molecule has 3 saturated heterocycles. The Kier molecular flexibility index (Phi) is 6.55. The average molecular weight is 480 g/mol. The standard InChI is InChI=1S/C26H37N7O2/c1-25(2,31-11-13-32(14-12-31)26(3)17-35-18-26)23(33-19-29-21-16-28-8-7-22(21)33)20(15-27)24(34)30-9-5-4-6-10-30/h7-8,19,21H,4-6,9-14,16-18H2,1-3H3. The van der Waals surface area contributed by atoms with Crippen LogP contribution in [0, 0.1) is 11.3 Å². The van der Waals surface area contributed by atoms with E-state index in [0.29, 0.717) is 19.6 Å². The number of rotatable bonds is 5. The maximum Gasteiger partial charge on any atom is 0.266 e. The van der Waals surface area contributed by atoms with Gasteiger partial charge in [-0.3, -0.25) is 24.6 Å². The minimum atomic E-state index is -0.546. The number of nitriles is 1. The Morgan fingerprint density at radius 3 is 2.49 bits per heavy atom. The van der Waals surface area contributed by atoms with Gasteiger partial charge in [-0.15, -0.1) is 0 Å². The van der Waals surface area contributed by atoms with Crippen LogP contribution < -0.4 is 0 Å². The van der Waals surface area contributed by atoms with Crippen LogP contribution in [0.4, 0.5) is 0 Å². The average Bonchev–Trinajstić information content (AvgIpc) is 3.29. The molecule has 188 valence electrons. The van der Waals surface area contributed by atoms with E-state index in [1.807, 2.05) is 15.9 Å². The number of dihydropyridines is 1. The highest BCUT2D eigenvalue weighted by molar-refractivity contribution is 5.99. The van der Waals surface area contributed by atoms with E-state index >= 15 is 0 Å². The summed E-state index contributed by atoms with van der Waals surface area (Å²) < 4.78 is 5.49. The van der Waals surface area contributed by atoms with Gasteiger partial charge in [0.1, 0.15) is 17.7 Å². The second-order valence-electron chi connectivity index (χ2n) is 11.0. The van der Waals surface area contributed by atoms with E-state index in [1.165, 1.54) is 0 Å². The van der Waals surface area contributed by atoms with Gasteiger partial charge in [-0.1, -0.05) is 0 Å². The summed E-state index contributed by atoms with van der Waals surface area (Å²) in [5.74, 6) is -0.157. The molecule has 0 saturated carbocycles. The lowest BCUT2D eigenvalue weighted by Crippen LogP contribution is -2.66. The minimum absolute atomic E-state index is 0.0637. The second-order valence-corrected chi connectivity index (χ2v) is 11.0. The summed E-state index contributed by atoms with van der Waals surface area (Å²) in [6.45, 7) is 13.7. The zero-order valence-electron chi connectivity index (χ0n) is 21.2. The SMILES string of the molecule is CC1(N2CCN(C(C)(C)C(=C(C#N)C(=O)N3CCCCC3)N3C=NC4CN=CC=C43)CC2)COC1. The Bertz CT molecular complexity index is 1000. The van der Waals surface area contributed by atoms with Gasteiger partial charge in [0.05, 0.1) is 48.6 Å². The summed E-state index contributed by atoms with van der Waals surface area (Å²) in [7, 11) is 0. The van der Waals surface area contributed by atoms with Gasteiger partial charge in [0.2, 0.25) is 0 Å². The van der Waals surface area contributed by atoms with Crippen molar-refractivity contribution in [3.05, 3.63) is 23.0 Å². The molecule has 0 N–H and O–H groups in total. The van der Waals surface area contributed by atoms with Crippen LogP contribution in [0.15, 0.2) is 33.0 Å². The summed E-state index contributed by atoms with van der Waals surface area (Å²) in [5.41, 5.74) is 1.53. The number of aliphatic imine (C=N–C) groups is 2. The van der Waals surface area contributed by atoms with Crippen LogP contribution in [0.25, 0.3) is 0 Å². The van der Waals surface area contributed by atoms with Crippen molar-refractivity contribution in [3.8, 4) is 6.07 Å². The first-order valence-electron chi connectivity index (χ1n) is 12.9. The van der Waals surface area contributed by atoms with Crippen LogP contribution in [0.1, 0.15) is 40.0 Å². The maximum absolute atomic E-state index is 13.7. The number of amides is 1. The third kappa shape index (κ3) is 4.32. The summed E-state index contributed by atoms with van der Waals surface area (Å²) in [6.07, 6.45) is 8.68. The van der Waals surface area contributed by atoms with Crippen molar-refractivity contribution < 1.29 is 9.53 Å². The van der Waals surface area contributed by atoms with E-state index in [2.05, 4.69) is 46.6 Å². The first kappa shape index (κ1) is 24.2. The predicted octanol–water partition coefficient (Wildman–Crippen LogP) is 1.64. The van der Waals surface area contributed by atoms with Crippen molar-refractivity contribution in [1.29, 1.82) is 5.26 Å². The Morgan fingerprint density at radius 1 is 1.14 bits per heavy atom. The normalized spacial score (nSPS) is 27.6. The van der Waals surface area contributed by atoms with Crippen LogP contribution in [0.5, 0.6) is 0 Å². The molecule has 5 rings (SSSR count). The van der Waals surface area contributed by atoms with Gasteiger partial charge in [0, 0.05) is 45.5 Å². The third-order valence-electron chi connectivity index (χ3n) is 8.30. The summed E-state index contributed by atoms with van der Waals surface area (Å²) in [4.78, 5) is 31.6. The van der Waals surface area contributed by atoms with Crippen molar-refractivity contribution in [2.24, 2.45) is 9.98 Å². The number of carbonyl (C=O) groups is 1. The number of piperidine rings is 1. The van der Waals surface area contributed by atoms with Gasteiger partial charge in [-0.2, -0.15) is 5.26 Å². The van der Waals surface area contributed by atoms with Crippen LogP contribution in [0.2, 0.25) is 0 Å². The monoisotopic (exact) mass is 479 g/mol. The molecule has 3 fully saturated rings. The molecule has 1 atom stereocenters. The number of piperazine rings is 1. The molecule has 1 unspecified atom stereocenters. The van der Waals surface area contributed by atoms with Crippen molar-refractivity contribution in [1.82, 2.24) is 19.6 Å². The molecule has 35 heavy (non-hydrogen) atoms. The highest BCUT2D eigenvalue weighted by Crippen LogP contribution is 2.37. The fourth-order valence-corrected chi connectivity index (χ4v) is 5.97. The quantitative estimate of drug-likeness (QED) is 0.440. The molecule has 0 aromatic rings. The minimum Gasteiger partial charge on any atom is -0.377 e. The largest absolute Gasteiger partial charge is 0.377 e. The lowest BCUT2D eigenvalue weighted by atomic mass is 9.89. The number of carbonyl (C=O) groups excluding carboxylic acids is 1. The lowest BCUT2D eigenvalue weighted by Gasteiger charge is -2.53. The first-order valence-corrected chi connectivity index (χ1v) is 12.9. The van der Waals surface area contributed by atoms with E-state index in [1.54, 1.807) is 12.6 Å². The Morgan fingerprint density at radius 2 is 1.86 bits per heavy atom. The second kappa shape index (κ2) is 9.49. The van der Waals surface area contributed by atoms with E-state index in [4.69, 9.17) is 4.74 Å². The number of allylic oxidation sites excluding steroid dienone is 1. The molecule has 5 aliphatic rings. The summed E-state index contributed by atoms with van der Waals surface area (Å²) in [6, 6.07) is 2.28. The summed E-state index contributed by atoms with van der Waals surface area (Å²) in [5, 5.41) is 10.4. The zero-order chi connectivity index (χ0) is 24.6. The number of nitrogens with zero attached hydrogens (tertiary/aromatic N) is 7. The molecule has 0 aromatic heterocycles. The molecule has 9 heteroatoms. The number of likely N-dealkylation sites (tertiary alicyclic amines) is 1. The first-order chi connectivity index (χ1) is 16.8. The molecule has 5 aliphatic heterocycles. The van der Waals surface area contributed by atoms with Crippen LogP contribution >= 0.6 is 0 Å². The fraction of sp³-hybridized carbons (Fsp3) is 0.692. The molecular weight excluding hydrogens is 442 g/mol. The molecule has 0 aromatic carbocycles. The van der Waals surface area contributed by atoms with Crippen molar-refractivity contribution in [3.63, 3.8) is 0 Å². The van der Waals surface area contributed by atoms with E-state index < -0.39 is 5.54 Å². The third-order valence-corrected chi connectivity index (χ3v) is 8.30. The van der Waals surface area contributed by atoms with E-state index in [-0.39, 0.29) is 23.1 Å². The molecule has 5 heterocycles. The van der Waals surface area contributed by atoms with Gasteiger partial charge in [-0.25, -0.2) is 0 Å². The van der Waals surface area contributed by atoms with Crippen molar-refractivity contribution in [2.45, 2.75) is 57.2 Å². The topological polar surface area (TPSA) is 87.8 Å². The summed E-state index contributed by atoms with van der Waals surface area (Å²) >= 11 is 0. The molecule has 0 bridgehead atoms. The highest BCUT2D eigenvalue weighted by atomic mass is 16.5. The maximum atomic E-state index is 13.7. The van der Waals surface area contributed by atoms with Crippen LogP contribution in [-0.2, 0) is 9.53 Å². The van der Waals surface area contributed by atoms with Crippen LogP contribution in [-0.4, -0.2) is 114 Å². The predicted molar refractivity (Wildman–Crippen MR) is 135 cm³/mol. The molecular formula is C26H37N7O2. The zero-order valence-corrected chi connectivity index (χ0v) is 21.2. The van der Waals surface area contributed by atoms with Gasteiger partial charge < -0.3 is 14.5 Å².